The van der Waals surface area contributed by atoms with Gasteiger partial charge in [0, 0.05) is 24.2 Å². The molecule has 2 bridgehead atoms. The molecule has 206 valence electrons. The lowest BCUT2D eigenvalue weighted by Gasteiger charge is -2.47. The van der Waals surface area contributed by atoms with Gasteiger partial charge in [0.15, 0.2) is 0 Å². The molecule has 1 aromatic heterocycles. The maximum Gasteiger partial charge on any atom is 0.407 e. The van der Waals surface area contributed by atoms with Crippen molar-refractivity contribution in [1.29, 1.82) is 0 Å². The smallest absolute Gasteiger partial charge is 0.407 e. The fourth-order valence-electron chi connectivity index (χ4n) is 5.89. The number of aromatic nitrogens is 2. The molecule has 0 aliphatic heterocycles. The van der Waals surface area contributed by atoms with Crippen LogP contribution in [0, 0.1) is 33.8 Å². The second-order valence-corrected chi connectivity index (χ2v) is 12.0. The molecule has 1 amide bonds. The standard InChI is InChI=1S/C27H37ClN6O4/c1-16-9-17-10-18(12-20(11-17)23(16)32-26(35)38-27(2,3)4)13-29-24-22(34(36)37)15-31-25(33-24)30-14-19-7-5-6-8-21(19)28/h5-8,15-18,20,23H,9-14H2,1-4H3,(H,32,35)(H2,29,30,31,33)/t16-,17?,18-,20-,23+/m1/s1. The van der Waals surface area contributed by atoms with Crippen LogP contribution in [-0.2, 0) is 11.3 Å². The SMILES string of the molecule is C[C@@H]1CC2C[C@@H](CNc3nc(NCc4ccccc4Cl)ncc3[N+](=O)[O-])C[C@@H](C2)[C@H]1NC(=O)OC(C)(C)C. The Kier molecular flexibility index (Phi) is 8.60. The number of nitrogens with one attached hydrogen (secondary N) is 3. The van der Waals surface area contributed by atoms with Gasteiger partial charge in [-0.05, 0) is 81.8 Å². The lowest BCUT2D eigenvalue weighted by atomic mass is 9.62. The summed E-state index contributed by atoms with van der Waals surface area (Å²) in [5.41, 5.74) is 0.169. The molecule has 1 aromatic carbocycles. The fraction of sp³-hybridized carbons (Fsp3) is 0.593. The van der Waals surface area contributed by atoms with Crippen LogP contribution in [-0.4, -0.2) is 39.2 Å². The van der Waals surface area contributed by atoms with Crippen LogP contribution in [0.5, 0.6) is 0 Å². The Hall–Kier alpha value is -3.14. The molecule has 0 radical (unpaired) electrons. The minimum absolute atomic E-state index is 0.0536. The zero-order chi connectivity index (χ0) is 27.4. The van der Waals surface area contributed by atoms with Crippen molar-refractivity contribution in [2.75, 3.05) is 17.2 Å². The maximum absolute atomic E-state index is 12.5. The second-order valence-electron chi connectivity index (χ2n) is 11.6. The number of carbonyl (C=O) groups excluding carboxylic acids is 1. The Balaban J connectivity index is 1.40. The molecule has 38 heavy (non-hydrogen) atoms. The van der Waals surface area contributed by atoms with Gasteiger partial charge in [-0.3, -0.25) is 10.1 Å². The van der Waals surface area contributed by atoms with Crippen LogP contribution < -0.4 is 16.0 Å². The van der Waals surface area contributed by atoms with Crippen LogP contribution in [0.25, 0.3) is 0 Å². The van der Waals surface area contributed by atoms with Crippen molar-refractivity contribution in [1.82, 2.24) is 15.3 Å². The number of hydrogen-bond donors (Lipinski definition) is 3. The first-order chi connectivity index (χ1) is 18.0. The van der Waals surface area contributed by atoms with E-state index in [4.69, 9.17) is 16.3 Å². The number of halogens is 1. The van der Waals surface area contributed by atoms with Gasteiger partial charge >= 0.3 is 11.8 Å². The first kappa shape index (κ1) is 27.9. The Morgan fingerprint density at radius 1 is 1.18 bits per heavy atom. The van der Waals surface area contributed by atoms with Gasteiger partial charge in [0.05, 0.1) is 4.92 Å². The lowest BCUT2D eigenvalue weighted by Crippen LogP contribution is -2.52. The lowest BCUT2D eigenvalue weighted by molar-refractivity contribution is -0.384. The van der Waals surface area contributed by atoms with Crippen LogP contribution in [0.2, 0.25) is 5.02 Å². The topological polar surface area (TPSA) is 131 Å². The number of benzene rings is 1. The van der Waals surface area contributed by atoms with E-state index < -0.39 is 10.5 Å². The van der Waals surface area contributed by atoms with Crippen molar-refractivity contribution in [2.24, 2.45) is 23.7 Å². The predicted octanol–water partition coefficient (Wildman–Crippen LogP) is 6.03. The van der Waals surface area contributed by atoms with Crippen LogP contribution in [0.1, 0.15) is 58.9 Å². The zero-order valence-electron chi connectivity index (χ0n) is 22.4. The van der Waals surface area contributed by atoms with E-state index in [1.54, 1.807) is 6.07 Å². The Morgan fingerprint density at radius 3 is 2.66 bits per heavy atom. The number of anilines is 2. The van der Waals surface area contributed by atoms with E-state index >= 15 is 0 Å². The quantitative estimate of drug-likeness (QED) is 0.271. The molecular formula is C27H37ClN6O4. The minimum atomic E-state index is -0.545. The van der Waals surface area contributed by atoms with Gasteiger partial charge in [0.1, 0.15) is 11.8 Å². The summed E-state index contributed by atoms with van der Waals surface area (Å²) in [6.45, 7) is 8.73. The number of carbonyl (C=O) groups is 1. The van der Waals surface area contributed by atoms with Crippen molar-refractivity contribution in [2.45, 2.75) is 71.6 Å². The molecule has 2 fully saturated rings. The molecule has 2 aliphatic rings. The van der Waals surface area contributed by atoms with Gasteiger partial charge < -0.3 is 20.7 Å². The summed E-state index contributed by atoms with van der Waals surface area (Å²) in [5.74, 6) is 2.07. The minimum Gasteiger partial charge on any atom is -0.444 e. The first-order valence-electron chi connectivity index (χ1n) is 13.2. The van der Waals surface area contributed by atoms with E-state index in [0.29, 0.717) is 41.8 Å². The highest BCUT2D eigenvalue weighted by atomic mass is 35.5. The van der Waals surface area contributed by atoms with Crippen LogP contribution >= 0.6 is 11.6 Å². The van der Waals surface area contributed by atoms with E-state index in [2.05, 4.69) is 32.8 Å². The summed E-state index contributed by atoms with van der Waals surface area (Å²) >= 11 is 6.23. The number of amides is 1. The van der Waals surface area contributed by atoms with Crippen molar-refractivity contribution in [3.05, 3.63) is 51.2 Å². The molecule has 2 aliphatic carbocycles. The van der Waals surface area contributed by atoms with Gasteiger partial charge in [0.25, 0.3) is 0 Å². The predicted molar refractivity (Wildman–Crippen MR) is 147 cm³/mol. The van der Waals surface area contributed by atoms with Crippen molar-refractivity contribution in [3.8, 4) is 0 Å². The molecule has 3 N–H and O–H groups in total. The van der Waals surface area contributed by atoms with E-state index in [0.717, 1.165) is 31.2 Å². The van der Waals surface area contributed by atoms with Gasteiger partial charge in [-0.2, -0.15) is 4.98 Å². The third kappa shape index (κ3) is 7.24. The maximum atomic E-state index is 12.5. The van der Waals surface area contributed by atoms with E-state index in [-0.39, 0.29) is 29.6 Å². The van der Waals surface area contributed by atoms with Gasteiger partial charge in [-0.15, -0.1) is 0 Å². The molecule has 10 nitrogen and oxygen atoms in total. The van der Waals surface area contributed by atoms with Gasteiger partial charge in [-0.25, -0.2) is 9.78 Å². The summed E-state index contributed by atoms with van der Waals surface area (Å²) in [4.78, 5) is 32.2. The largest absolute Gasteiger partial charge is 0.444 e. The van der Waals surface area contributed by atoms with Crippen LogP contribution in [0.3, 0.4) is 0 Å². The number of nitro groups is 1. The highest BCUT2D eigenvalue weighted by Gasteiger charge is 2.42. The van der Waals surface area contributed by atoms with E-state index in [1.807, 2.05) is 39.0 Å². The normalized spacial score (nSPS) is 24.8. The summed E-state index contributed by atoms with van der Waals surface area (Å²) in [5, 5.41) is 21.7. The molecule has 4 rings (SSSR count). The first-order valence-corrected chi connectivity index (χ1v) is 13.6. The third-order valence-corrected chi connectivity index (χ3v) is 7.74. The van der Waals surface area contributed by atoms with Gasteiger partial charge in [0.2, 0.25) is 11.8 Å². The molecule has 2 saturated carbocycles. The number of rotatable bonds is 8. The molecule has 2 aromatic rings. The number of alkyl carbamates (subject to hydrolysis) is 1. The Bertz CT molecular complexity index is 1150. The molecule has 5 atom stereocenters. The zero-order valence-corrected chi connectivity index (χ0v) is 23.1. The molecule has 0 saturated heterocycles. The fourth-order valence-corrected chi connectivity index (χ4v) is 6.09. The highest BCUT2D eigenvalue weighted by molar-refractivity contribution is 6.31. The Labute approximate surface area is 228 Å². The monoisotopic (exact) mass is 544 g/mol. The van der Waals surface area contributed by atoms with Crippen molar-refractivity contribution in [3.63, 3.8) is 0 Å². The van der Waals surface area contributed by atoms with Crippen LogP contribution in [0.15, 0.2) is 30.5 Å². The molecular weight excluding hydrogens is 508 g/mol. The summed E-state index contributed by atoms with van der Waals surface area (Å²) in [6.07, 6.45) is 4.93. The number of ether oxygens (including phenoxy) is 1. The third-order valence-electron chi connectivity index (χ3n) is 7.37. The van der Waals surface area contributed by atoms with E-state index in [9.17, 15) is 14.9 Å². The highest BCUT2D eigenvalue weighted by Crippen LogP contribution is 2.45. The summed E-state index contributed by atoms with van der Waals surface area (Å²) in [6, 6.07) is 7.49. The summed E-state index contributed by atoms with van der Waals surface area (Å²) in [7, 11) is 0. The van der Waals surface area contributed by atoms with Crippen LogP contribution in [0.4, 0.5) is 22.2 Å². The molecule has 1 heterocycles. The van der Waals surface area contributed by atoms with Gasteiger partial charge in [-0.1, -0.05) is 36.7 Å². The van der Waals surface area contributed by atoms with E-state index in [1.165, 1.54) is 6.20 Å². The van der Waals surface area contributed by atoms with Crippen molar-refractivity contribution < 1.29 is 14.5 Å². The Morgan fingerprint density at radius 2 is 1.95 bits per heavy atom. The summed E-state index contributed by atoms with van der Waals surface area (Å²) < 4.78 is 5.51. The number of fused-ring (bicyclic) bond motifs is 2. The molecule has 11 heteroatoms. The average molecular weight is 545 g/mol. The average Bonchev–Trinajstić information content (AvgIpc) is 2.83. The molecule has 1 unspecified atom stereocenters. The number of nitrogens with zero attached hydrogens (tertiary/aromatic N) is 3. The molecule has 0 spiro atoms. The van der Waals surface area contributed by atoms with Crippen molar-refractivity contribution >= 4 is 35.1 Å². The number of hydrogen-bond acceptors (Lipinski definition) is 8. The second kappa shape index (κ2) is 11.7.